The number of nitrogens with one attached hydrogen (secondary N) is 2. The van der Waals surface area contributed by atoms with Crippen molar-refractivity contribution < 1.29 is 5.11 Å². The number of phenolic OH excluding ortho intramolecular Hbond substituents is 1. The highest BCUT2D eigenvalue weighted by Crippen LogP contribution is 2.23. The molecule has 3 N–H and O–H groups in total. The van der Waals surface area contributed by atoms with E-state index in [9.17, 15) is 5.11 Å². The first-order valence-corrected chi connectivity index (χ1v) is 7.79. The van der Waals surface area contributed by atoms with Gasteiger partial charge in [-0.15, -0.1) is 24.0 Å². The third-order valence-electron chi connectivity index (χ3n) is 3.67. The lowest BCUT2D eigenvalue weighted by molar-refractivity contribution is 0.466. The molecule has 0 saturated heterocycles. The summed E-state index contributed by atoms with van der Waals surface area (Å²) < 4.78 is 1.84. The molecular formula is C17H26IN5O. The molecule has 1 aromatic carbocycles. The number of aromatic nitrogens is 2. The quantitative estimate of drug-likeness (QED) is 0.378. The van der Waals surface area contributed by atoms with Gasteiger partial charge in [0.1, 0.15) is 5.75 Å². The van der Waals surface area contributed by atoms with Gasteiger partial charge in [0.05, 0.1) is 18.8 Å². The highest BCUT2D eigenvalue weighted by Gasteiger charge is 2.04. The van der Waals surface area contributed by atoms with Crippen LogP contribution in [0.2, 0.25) is 0 Å². The Labute approximate surface area is 160 Å². The predicted molar refractivity (Wildman–Crippen MR) is 108 cm³/mol. The van der Waals surface area contributed by atoms with E-state index in [-0.39, 0.29) is 24.0 Å². The highest BCUT2D eigenvalue weighted by molar-refractivity contribution is 14.0. The van der Waals surface area contributed by atoms with E-state index >= 15 is 0 Å². The van der Waals surface area contributed by atoms with Crippen molar-refractivity contribution in [2.45, 2.75) is 33.9 Å². The van der Waals surface area contributed by atoms with Crippen LogP contribution in [-0.2, 0) is 20.1 Å². The molecule has 24 heavy (non-hydrogen) atoms. The van der Waals surface area contributed by atoms with Gasteiger partial charge >= 0.3 is 0 Å². The second-order valence-corrected chi connectivity index (χ2v) is 5.57. The number of benzene rings is 1. The Morgan fingerprint density at radius 2 is 1.92 bits per heavy atom. The Hall–Kier alpha value is -1.77. The maximum absolute atomic E-state index is 9.84. The van der Waals surface area contributed by atoms with E-state index in [2.05, 4.69) is 20.7 Å². The van der Waals surface area contributed by atoms with E-state index in [0.29, 0.717) is 18.8 Å². The van der Waals surface area contributed by atoms with Crippen molar-refractivity contribution >= 4 is 29.9 Å². The third kappa shape index (κ3) is 5.40. The number of phenols is 1. The lowest BCUT2D eigenvalue weighted by atomic mass is 10.1. The third-order valence-corrected chi connectivity index (χ3v) is 3.67. The number of hydrogen-bond donors (Lipinski definition) is 3. The van der Waals surface area contributed by atoms with Gasteiger partial charge in [0, 0.05) is 19.8 Å². The van der Waals surface area contributed by atoms with Crippen LogP contribution in [0.5, 0.6) is 5.75 Å². The molecule has 0 atom stereocenters. The van der Waals surface area contributed by atoms with Crippen LogP contribution in [0.25, 0.3) is 0 Å². The Morgan fingerprint density at radius 3 is 2.46 bits per heavy atom. The van der Waals surface area contributed by atoms with Gasteiger partial charge < -0.3 is 15.7 Å². The van der Waals surface area contributed by atoms with E-state index in [4.69, 9.17) is 0 Å². The van der Waals surface area contributed by atoms with Crippen molar-refractivity contribution in [2.75, 3.05) is 6.54 Å². The normalized spacial score (nSPS) is 11.1. The first-order chi connectivity index (χ1) is 11.0. The van der Waals surface area contributed by atoms with Crippen LogP contribution in [0, 0.1) is 13.8 Å². The molecular weight excluding hydrogens is 417 g/mol. The van der Waals surface area contributed by atoms with Crippen molar-refractivity contribution in [3.8, 4) is 5.75 Å². The zero-order chi connectivity index (χ0) is 16.8. The van der Waals surface area contributed by atoms with Gasteiger partial charge in [-0.3, -0.25) is 4.68 Å². The second-order valence-electron chi connectivity index (χ2n) is 5.57. The maximum Gasteiger partial charge on any atom is 0.191 e. The molecule has 0 radical (unpaired) electrons. The minimum absolute atomic E-state index is 0. The number of halogens is 1. The zero-order valence-electron chi connectivity index (χ0n) is 14.6. The fourth-order valence-electron chi connectivity index (χ4n) is 2.40. The van der Waals surface area contributed by atoms with Crippen LogP contribution >= 0.6 is 24.0 Å². The molecule has 0 aliphatic rings. The van der Waals surface area contributed by atoms with Crippen molar-refractivity contribution in [1.82, 2.24) is 20.4 Å². The monoisotopic (exact) mass is 443 g/mol. The fraction of sp³-hybridized carbons (Fsp3) is 0.412. The maximum atomic E-state index is 9.84. The number of rotatable bonds is 5. The second kappa shape index (κ2) is 9.51. The number of hydrogen-bond acceptors (Lipinski definition) is 3. The van der Waals surface area contributed by atoms with Crippen LogP contribution in [-0.4, -0.2) is 27.4 Å². The Morgan fingerprint density at radius 1 is 1.25 bits per heavy atom. The summed E-state index contributed by atoms with van der Waals surface area (Å²) in [6, 6.07) is 5.91. The number of nitrogens with zero attached hydrogens (tertiary/aromatic N) is 3. The molecule has 1 aromatic heterocycles. The standard InChI is InChI=1S/C17H25N5O.HI/c1-5-18-17(20-11-15-6-7-21-22(15)4)19-10-14-8-12(2)16(23)13(3)9-14;/h6-9,23H,5,10-11H2,1-4H3,(H2,18,19,20);1H. The largest absolute Gasteiger partial charge is 0.507 e. The summed E-state index contributed by atoms with van der Waals surface area (Å²) >= 11 is 0. The average molecular weight is 443 g/mol. The summed E-state index contributed by atoms with van der Waals surface area (Å²) in [6.07, 6.45) is 1.78. The van der Waals surface area contributed by atoms with Gasteiger partial charge in [-0.25, -0.2) is 4.99 Å². The Balaban J connectivity index is 0.00000288. The molecule has 0 aliphatic carbocycles. The molecule has 7 heteroatoms. The zero-order valence-corrected chi connectivity index (χ0v) is 17.0. The van der Waals surface area contributed by atoms with Crippen LogP contribution in [0.1, 0.15) is 29.3 Å². The van der Waals surface area contributed by atoms with Gasteiger partial charge in [-0.1, -0.05) is 12.1 Å². The van der Waals surface area contributed by atoms with Crippen LogP contribution < -0.4 is 10.6 Å². The van der Waals surface area contributed by atoms with Crippen molar-refractivity contribution in [2.24, 2.45) is 12.0 Å². The summed E-state index contributed by atoms with van der Waals surface area (Å²) in [4.78, 5) is 4.61. The molecule has 0 unspecified atom stereocenters. The number of guanidine groups is 1. The van der Waals surface area contributed by atoms with Crippen molar-refractivity contribution in [1.29, 1.82) is 0 Å². The van der Waals surface area contributed by atoms with Crippen LogP contribution in [0.15, 0.2) is 29.4 Å². The van der Waals surface area contributed by atoms with E-state index in [1.807, 2.05) is 50.7 Å². The molecule has 0 saturated carbocycles. The average Bonchev–Trinajstić information content (AvgIpc) is 2.92. The minimum atomic E-state index is 0. The lowest BCUT2D eigenvalue weighted by Gasteiger charge is -2.12. The SMILES string of the molecule is CCNC(=NCc1cc(C)c(O)c(C)c1)NCc1ccnn1C.I. The molecule has 0 fully saturated rings. The van der Waals surface area contributed by atoms with Gasteiger partial charge in [-0.05, 0) is 43.5 Å². The Bertz CT molecular complexity index is 673. The molecule has 0 amide bonds. The molecule has 1 heterocycles. The van der Waals surface area contributed by atoms with E-state index in [1.165, 1.54) is 0 Å². The van der Waals surface area contributed by atoms with Crippen molar-refractivity contribution in [3.63, 3.8) is 0 Å². The van der Waals surface area contributed by atoms with Gasteiger partial charge in [0.25, 0.3) is 0 Å². The van der Waals surface area contributed by atoms with E-state index in [1.54, 1.807) is 6.20 Å². The van der Waals surface area contributed by atoms with Crippen LogP contribution in [0.3, 0.4) is 0 Å². The lowest BCUT2D eigenvalue weighted by Crippen LogP contribution is -2.37. The first-order valence-electron chi connectivity index (χ1n) is 7.79. The number of aryl methyl sites for hydroxylation is 3. The summed E-state index contributed by atoms with van der Waals surface area (Å²) in [5.41, 5.74) is 3.92. The predicted octanol–water partition coefficient (Wildman–Crippen LogP) is 2.62. The topological polar surface area (TPSA) is 74.5 Å². The fourth-order valence-corrected chi connectivity index (χ4v) is 2.40. The molecule has 132 valence electrons. The first kappa shape index (κ1) is 20.3. The van der Waals surface area contributed by atoms with Gasteiger partial charge in [-0.2, -0.15) is 5.10 Å². The molecule has 2 aromatic rings. The summed E-state index contributed by atoms with van der Waals surface area (Å²) in [6.45, 7) is 7.86. The van der Waals surface area contributed by atoms with Gasteiger partial charge in [0.2, 0.25) is 0 Å². The molecule has 0 spiro atoms. The Kier molecular flexibility index (Phi) is 8.03. The molecule has 6 nitrogen and oxygen atoms in total. The number of aromatic hydroxyl groups is 1. The number of aliphatic imine (C=N–C) groups is 1. The molecule has 2 rings (SSSR count). The van der Waals surface area contributed by atoms with Crippen molar-refractivity contribution in [3.05, 3.63) is 46.8 Å². The van der Waals surface area contributed by atoms with E-state index < -0.39 is 0 Å². The molecule has 0 bridgehead atoms. The minimum Gasteiger partial charge on any atom is -0.507 e. The summed E-state index contributed by atoms with van der Waals surface area (Å²) in [5, 5.41) is 20.5. The highest BCUT2D eigenvalue weighted by atomic mass is 127. The summed E-state index contributed by atoms with van der Waals surface area (Å²) in [5.74, 6) is 1.12. The van der Waals surface area contributed by atoms with Crippen LogP contribution in [0.4, 0.5) is 0 Å². The van der Waals surface area contributed by atoms with Gasteiger partial charge in [0.15, 0.2) is 5.96 Å². The smallest absolute Gasteiger partial charge is 0.191 e. The molecule has 0 aliphatic heterocycles. The van der Waals surface area contributed by atoms with E-state index in [0.717, 1.165) is 34.9 Å². The summed E-state index contributed by atoms with van der Waals surface area (Å²) in [7, 11) is 1.92.